The monoisotopic (exact) mass is 555 g/mol. The molecule has 1 aromatic heterocycles. The van der Waals surface area contributed by atoms with Crippen LogP contribution in [0.2, 0.25) is 5.02 Å². The highest BCUT2D eigenvalue weighted by Gasteiger charge is 2.42. The van der Waals surface area contributed by atoms with Crippen LogP contribution in [0.25, 0.3) is 22.3 Å². The van der Waals surface area contributed by atoms with Gasteiger partial charge in [0.2, 0.25) is 0 Å². The smallest absolute Gasteiger partial charge is 0.412 e. The molecule has 2 N–H and O–H groups in total. The molecule has 1 heterocycles. The number of fused-ring (bicyclic) bond motifs is 1. The highest BCUT2D eigenvalue weighted by Crippen LogP contribution is 2.33. The van der Waals surface area contributed by atoms with Crippen LogP contribution in [0.5, 0.6) is 0 Å². The summed E-state index contributed by atoms with van der Waals surface area (Å²) in [4.78, 5) is 33.5. The number of halogens is 4. The topological polar surface area (TPSA) is 92.2 Å². The Labute approximate surface area is 227 Å². The first-order chi connectivity index (χ1) is 18.5. The summed E-state index contributed by atoms with van der Waals surface area (Å²) in [5.74, 6) is -2.32. The number of carboxylic acids is 1. The average Bonchev–Trinajstić information content (AvgIpc) is 2.91. The van der Waals surface area contributed by atoms with E-state index in [4.69, 9.17) is 21.6 Å². The molecule has 6 nitrogen and oxygen atoms in total. The lowest BCUT2D eigenvalue weighted by Crippen LogP contribution is -2.38. The summed E-state index contributed by atoms with van der Waals surface area (Å²) in [6, 6.07) is 16.4. The minimum absolute atomic E-state index is 0.00618. The lowest BCUT2D eigenvalue weighted by molar-refractivity contribution is -0.155. The number of hydrogen-bond donors (Lipinski definition) is 2. The zero-order valence-corrected chi connectivity index (χ0v) is 21.6. The first-order valence-corrected chi connectivity index (χ1v) is 12.6. The molecule has 1 amide bonds. The summed E-state index contributed by atoms with van der Waals surface area (Å²) in [5, 5.41) is 11.8. The third-order valence-corrected chi connectivity index (χ3v) is 6.58. The Morgan fingerprint density at radius 2 is 1.67 bits per heavy atom. The van der Waals surface area contributed by atoms with Crippen LogP contribution in [0.1, 0.15) is 47.4 Å². The van der Waals surface area contributed by atoms with E-state index in [1.54, 1.807) is 37.3 Å². The molecule has 0 spiro atoms. The van der Waals surface area contributed by atoms with Crippen molar-refractivity contribution in [2.24, 2.45) is 5.92 Å². The fraction of sp³-hybridized carbons (Fsp3) is 0.241. The van der Waals surface area contributed by atoms with Gasteiger partial charge in [-0.25, -0.2) is 9.97 Å². The molecule has 0 radical (unpaired) electrons. The van der Waals surface area contributed by atoms with Crippen LogP contribution in [0.4, 0.5) is 13.2 Å². The summed E-state index contributed by atoms with van der Waals surface area (Å²) < 4.78 is 41.3. The predicted octanol–water partition coefficient (Wildman–Crippen LogP) is 7.03. The molecule has 39 heavy (non-hydrogen) atoms. The fourth-order valence-electron chi connectivity index (χ4n) is 4.16. The average molecular weight is 556 g/mol. The van der Waals surface area contributed by atoms with Crippen LogP contribution in [-0.4, -0.2) is 33.1 Å². The molecule has 0 saturated heterocycles. The third-order valence-electron chi connectivity index (χ3n) is 6.32. The summed E-state index contributed by atoms with van der Waals surface area (Å²) in [6.45, 7) is 1.63. The number of aromatic nitrogens is 2. The van der Waals surface area contributed by atoms with Gasteiger partial charge in [-0.1, -0.05) is 61.0 Å². The van der Waals surface area contributed by atoms with Crippen molar-refractivity contribution >= 4 is 34.5 Å². The minimum Gasteiger partial charge on any atom is -0.481 e. The van der Waals surface area contributed by atoms with Crippen molar-refractivity contribution in [1.29, 1.82) is 0 Å². The quantitative estimate of drug-likeness (QED) is 0.231. The van der Waals surface area contributed by atoms with Gasteiger partial charge in [-0.3, -0.25) is 9.59 Å². The second kappa shape index (κ2) is 11.8. The van der Waals surface area contributed by atoms with Crippen molar-refractivity contribution in [3.8, 4) is 11.3 Å². The number of nitrogens with zero attached hydrogens (tertiary/aromatic N) is 2. The Morgan fingerprint density at radius 1 is 0.974 bits per heavy atom. The number of rotatable bonds is 9. The normalized spacial score (nSPS) is 13.2. The Kier molecular flexibility index (Phi) is 8.50. The van der Waals surface area contributed by atoms with Gasteiger partial charge in [-0.05, 0) is 55.2 Å². The summed E-state index contributed by atoms with van der Waals surface area (Å²) >= 11 is 6.03. The molecular formula is C29H25ClF3N3O3. The molecule has 0 aliphatic rings. The largest absolute Gasteiger partial charge is 0.481 e. The predicted molar refractivity (Wildman–Crippen MR) is 142 cm³/mol. The molecule has 2 unspecified atom stereocenters. The number of nitrogens with one attached hydrogen (secondary N) is 1. The van der Waals surface area contributed by atoms with E-state index in [-0.39, 0.29) is 11.1 Å². The second-order valence-electron chi connectivity index (χ2n) is 9.22. The lowest BCUT2D eigenvalue weighted by atomic mass is 10.0. The Bertz CT molecular complexity index is 1480. The van der Waals surface area contributed by atoms with E-state index in [9.17, 15) is 27.9 Å². The summed E-state index contributed by atoms with van der Waals surface area (Å²) in [7, 11) is 0. The number of benzene rings is 3. The number of hydrogen-bond acceptors (Lipinski definition) is 4. The molecule has 0 saturated carbocycles. The van der Waals surface area contributed by atoms with Gasteiger partial charge in [0, 0.05) is 16.1 Å². The van der Waals surface area contributed by atoms with Gasteiger partial charge < -0.3 is 10.4 Å². The second-order valence-corrected chi connectivity index (χ2v) is 9.66. The van der Waals surface area contributed by atoms with E-state index in [1.165, 1.54) is 42.5 Å². The van der Waals surface area contributed by atoms with Gasteiger partial charge in [0.15, 0.2) is 6.04 Å². The van der Waals surface area contributed by atoms with Gasteiger partial charge >= 0.3 is 12.1 Å². The maximum absolute atomic E-state index is 13.8. The van der Waals surface area contributed by atoms with Crippen LogP contribution in [-0.2, 0) is 11.2 Å². The minimum atomic E-state index is -4.69. The molecule has 4 rings (SSSR count). The van der Waals surface area contributed by atoms with E-state index in [0.29, 0.717) is 46.7 Å². The first-order valence-electron chi connectivity index (χ1n) is 12.2. The van der Waals surface area contributed by atoms with E-state index >= 15 is 0 Å². The summed E-state index contributed by atoms with van der Waals surface area (Å²) in [6.07, 6.45) is -3.32. The van der Waals surface area contributed by atoms with Crippen molar-refractivity contribution in [3.63, 3.8) is 0 Å². The summed E-state index contributed by atoms with van der Waals surface area (Å²) in [5.41, 5.74) is 2.64. The molecular weight excluding hydrogens is 531 g/mol. The lowest BCUT2D eigenvalue weighted by Gasteiger charge is -2.22. The highest BCUT2D eigenvalue weighted by molar-refractivity contribution is 6.30. The van der Waals surface area contributed by atoms with Gasteiger partial charge in [0.05, 0.1) is 28.3 Å². The maximum Gasteiger partial charge on any atom is 0.412 e. The van der Waals surface area contributed by atoms with E-state index in [0.717, 1.165) is 5.56 Å². The number of carbonyl (C=O) groups is 2. The van der Waals surface area contributed by atoms with Gasteiger partial charge in [0.1, 0.15) is 0 Å². The number of amides is 1. The van der Waals surface area contributed by atoms with E-state index in [1.807, 2.05) is 0 Å². The zero-order valence-electron chi connectivity index (χ0n) is 20.9. The molecule has 0 fully saturated rings. The van der Waals surface area contributed by atoms with E-state index < -0.39 is 30.0 Å². The standard InChI is InChI=1S/C29H25ClF3N3O3/c1-17(28(38)39)6-5-9-23-25(18-10-13-21(30)14-11-18)35-22-15-12-20(16-24(22)34-23)27(37)36-26(29(31,32)33)19-7-3-2-4-8-19/h2-4,7-8,10-17,26H,5-6,9H2,1H3,(H,36,37)(H,38,39). The van der Waals surface area contributed by atoms with Gasteiger partial charge in [-0.15, -0.1) is 0 Å². The molecule has 0 aliphatic heterocycles. The Morgan fingerprint density at radius 3 is 2.31 bits per heavy atom. The van der Waals surface area contributed by atoms with Crippen LogP contribution in [0.3, 0.4) is 0 Å². The van der Waals surface area contributed by atoms with Crippen molar-refractivity contribution in [3.05, 3.63) is 94.6 Å². The molecule has 10 heteroatoms. The van der Waals surface area contributed by atoms with Crippen molar-refractivity contribution in [2.45, 2.75) is 38.4 Å². The Hall–Kier alpha value is -3.98. The number of aliphatic carboxylic acids is 1. The Balaban J connectivity index is 1.67. The molecule has 202 valence electrons. The van der Waals surface area contributed by atoms with Crippen molar-refractivity contribution in [1.82, 2.24) is 15.3 Å². The maximum atomic E-state index is 13.8. The molecule has 4 aromatic rings. The molecule has 0 aliphatic carbocycles. The molecule has 2 atom stereocenters. The van der Waals surface area contributed by atoms with Crippen molar-refractivity contribution < 1.29 is 27.9 Å². The van der Waals surface area contributed by atoms with Crippen LogP contribution in [0, 0.1) is 5.92 Å². The molecule has 0 bridgehead atoms. The van der Waals surface area contributed by atoms with E-state index in [2.05, 4.69) is 5.32 Å². The highest BCUT2D eigenvalue weighted by atomic mass is 35.5. The van der Waals surface area contributed by atoms with Crippen LogP contribution >= 0.6 is 11.6 Å². The van der Waals surface area contributed by atoms with Crippen LogP contribution < -0.4 is 5.32 Å². The van der Waals surface area contributed by atoms with Crippen LogP contribution in [0.15, 0.2) is 72.8 Å². The fourth-order valence-corrected chi connectivity index (χ4v) is 4.28. The SMILES string of the molecule is CC(CCCc1nc2cc(C(=O)NC(c3ccccc3)C(F)(F)F)ccc2nc1-c1ccc(Cl)cc1)C(=O)O. The number of aryl methyl sites for hydroxylation is 1. The first kappa shape index (κ1) is 28.0. The zero-order chi connectivity index (χ0) is 28.2. The third kappa shape index (κ3) is 6.92. The molecule has 3 aromatic carbocycles. The number of carboxylic acid groups (broad SMARTS) is 1. The number of carbonyl (C=O) groups excluding carboxylic acids is 1. The van der Waals surface area contributed by atoms with Gasteiger partial charge in [-0.2, -0.15) is 13.2 Å². The van der Waals surface area contributed by atoms with Gasteiger partial charge in [0.25, 0.3) is 5.91 Å². The number of alkyl halides is 3. The van der Waals surface area contributed by atoms with Crippen molar-refractivity contribution in [2.75, 3.05) is 0 Å².